The molecule has 3 N–H and O–H groups in total. The smallest absolute Gasteiger partial charge is 0.140 e. The average Bonchev–Trinajstić information content (AvgIpc) is 2.23. The molecule has 6 heteroatoms. The van der Waals surface area contributed by atoms with Gasteiger partial charge in [0.05, 0.1) is 10.0 Å². The van der Waals surface area contributed by atoms with Crippen molar-refractivity contribution in [1.82, 2.24) is 0 Å². The number of thioether (sulfide) groups is 1. The van der Waals surface area contributed by atoms with Crippen LogP contribution in [0.1, 0.15) is 13.3 Å². The third kappa shape index (κ3) is 4.12. The summed E-state index contributed by atoms with van der Waals surface area (Å²) in [5, 5.41) is 12.7. The summed E-state index contributed by atoms with van der Waals surface area (Å²) in [6, 6.07) is 5.45. The fourth-order valence-electron chi connectivity index (χ4n) is 1.16. The molecule has 0 heterocycles. The van der Waals surface area contributed by atoms with Gasteiger partial charge in [0.1, 0.15) is 5.84 Å². The van der Waals surface area contributed by atoms with E-state index in [0.717, 1.165) is 4.90 Å². The molecule has 0 aliphatic rings. The highest BCUT2D eigenvalue weighted by Gasteiger charge is 2.08. The van der Waals surface area contributed by atoms with E-state index in [1.807, 2.05) is 13.0 Å². The van der Waals surface area contributed by atoms with E-state index in [9.17, 15) is 0 Å². The molecule has 88 valence electrons. The van der Waals surface area contributed by atoms with E-state index in [-0.39, 0.29) is 11.1 Å². The van der Waals surface area contributed by atoms with Gasteiger partial charge in [-0.1, -0.05) is 35.3 Å². The van der Waals surface area contributed by atoms with Gasteiger partial charge in [-0.3, -0.25) is 0 Å². The molecule has 0 amide bonds. The molecule has 0 spiro atoms. The molecule has 1 unspecified atom stereocenters. The Hall–Kier alpha value is -0.580. The number of halogens is 2. The first-order chi connectivity index (χ1) is 7.52. The average molecular weight is 279 g/mol. The lowest BCUT2D eigenvalue weighted by Crippen LogP contribution is -2.16. The van der Waals surface area contributed by atoms with Crippen molar-refractivity contribution in [2.24, 2.45) is 10.9 Å². The number of nitrogens with zero attached hydrogens (tertiary/aromatic N) is 1. The number of hydrogen-bond donors (Lipinski definition) is 2. The fraction of sp³-hybridized carbons (Fsp3) is 0.300. The summed E-state index contributed by atoms with van der Waals surface area (Å²) < 4.78 is 0. The van der Waals surface area contributed by atoms with Crippen molar-refractivity contribution in [1.29, 1.82) is 0 Å². The van der Waals surface area contributed by atoms with Crippen molar-refractivity contribution in [3.05, 3.63) is 28.2 Å². The summed E-state index contributed by atoms with van der Waals surface area (Å²) in [6.45, 7) is 1.99. The lowest BCUT2D eigenvalue weighted by molar-refractivity contribution is 0.317. The van der Waals surface area contributed by atoms with E-state index in [1.165, 1.54) is 0 Å². The van der Waals surface area contributed by atoms with Gasteiger partial charge in [-0.15, -0.1) is 11.8 Å². The van der Waals surface area contributed by atoms with Crippen molar-refractivity contribution >= 4 is 40.8 Å². The monoisotopic (exact) mass is 278 g/mol. The van der Waals surface area contributed by atoms with E-state index in [0.29, 0.717) is 16.5 Å². The molecule has 1 aromatic carbocycles. The molecule has 0 fully saturated rings. The second-order valence-electron chi connectivity index (χ2n) is 3.30. The van der Waals surface area contributed by atoms with Crippen molar-refractivity contribution in [3.8, 4) is 0 Å². The molecule has 0 saturated heterocycles. The van der Waals surface area contributed by atoms with Gasteiger partial charge in [-0.05, 0) is 18.2 Å². The number of hydrogen-bond acceptors (Lipinski definition) is 3. The third-order valence-corrected chi connectivity index (χ3v) is 3.69. The number of rotatable bonds is 4. The molecule has 1 rings (SSSR count). The van der Waals surface area contributed by atoms with Gasteiger partial charge in [-0.2, -0.15) is 0 Å². The van der Waals surface area contributed by atoms with Crippen LogP contribution in [-0.4, -0.2) is 16.3 Å². The van der Waals surface area contributed by atoms with Crippen LogP contribution in [0.3, 0.4) is 0 Å². The molecule has 1 aromatic rings. The second kappa shape index (κ2) is 6.23. The second-order valence-corrected chi connectivity index (χ2v) is 5.63. The Morgan fingerprint density at radius 1 is 1.50 bits per heavy atom. The molecule has 3 nitrogen and oxygen atoms in total. The fourth-order valence-corrected chi connectivity index (χ4v) is 2.57. The van der Waals surface area contributed by atoms with Gasteiger partial charge >= 0.3 is 0 Å². The molecule has 0 bridgehead atoms. The minimum Gasteiger partial charge on any atom is -0.409 e. The van der Waals surface area contributed by atoms with E-state index < -0.39 is 0 Å². The van der Waals surface area contributed by atoms with E-state index >= 15 is 0 Å². The molecule has 0 aliphatic heterocycles. The zero-order valence-corrected chi connectivity index (χ0v) is 11.0. The van der Waals surface area contributed by atoms with Crippen LogP contribution in [0.15, 0.2) is 28.3 Å². The first kappa shape index (κ1) is 13.5. The van der Waals surface area contributed by atoms with Crippen LogP contribution in [-0.2, 0) is 0 Å². The molecular formula is C10H12Cl2N2OS. The first-order valence-corrected chi connectivity index (χ1v) is 6.24. The zero-order chi connectivity index (χ0) is 12.1. The van der Waals surface area contributed by atoms with Gasteiger partial charge in [-0.25, -0.2) is 0 Å². The van der Waals surface area contributed by atoms with E-state index in [4.69, 9.17) is 34.1 Å². The Bertz CT molecular complexity index is 398. The van der Waals surface area contributed by atoms with Gasteiger partial charge in [0, 0.05) is 16.6 Å². The van der Waals surface area contributed by atoms with Crippen molar-refractivity contribution in [2.75, 3.05) is 0 Å². The van der Waals surface area contributed by atoms with Crippen molar-refractivity contribution < 1.29 is 5.21 Å². The SMILES string of the molecule is CC(CC(N)=NO)Sc1ccc(Cl)c(Cl)c1. The van der Waals surface area contributed by atoms with Crippen LogP contribution >= 0.6 is 35.0 Å². The molecular weight excluding hydrogens is 267 g/mol. The predicted molar refractivity (Wildman–Crippen MR) is 69.8 cm³/mol. The minimum atomic E-state index is 0.202. The maximum absolute atomic E-state index is 8.45. The van der Waals surface area contributed by atoms with Gasteiger partial charge in [0.2, 0.25) is 0 Å². The lowest BCUT2D eigenvalue weighted by Gasteiger charge is -2.10. The number of amidine groups is 1. The quantitative estimate of drug-likeness (QED) is 0.291. The highest BCUT2D eigenvalue weighted by molar-refractivity contribution is 8.00. The van der Waals surface area contributed by atoms with Crippen LogP contribution < -0.4 is 5.73 Å². The highest BCUT2D eigenvalue weighted by Crippen LogP contribution is 2.30. The number of benzene rings is 1. The Morgan fingerprint density at radius 2 is 2.19 bits per heavy atom. The summed E-state index contributed by atoms with van der Waals surface area (Å²) in [4.78, 5) is 1.01. The Morgan fingerprint density at radius 3 is 2.75 bits per heavy atom. The lowest BCUT2D eigenvalue weighted by atomic mass is 10.3. The molecule has 0 radical (unpaired) electrons. The summed E-state index contributed by atoms with van der Waals surface area (Å²) in [5.41, 5.74) is 5.42. The summed E-state index contributed by atoms with van der Waals surface area (Å²) in [6.07, 6.45) is 0.515. The van der Waals surface area contributed by atoms with Crippen LogP contribution in [0.25, 0.3) is 0 Å². The summed E-state index contributed by atoms with van der Waals surface area (Å²) >= 11 is 13.3. The largest absolute Gasteiger partial charge is 0.409 e. The third-order valence-electron chi connectivity index (χ3n) is 1.85. The summed E-state index contributed by atoms with van der Waals surface area (Å²) in [5.74, 6) is 0.222. The molecule has 1 atom stereocenters. The van der Waals surface area contributed by atoms with Gasteiger partial charge < -0.3 is 10.9 Å². The van der Waals surface area contributed by atoms with Crippen molar-refractivity contribution in [3.63, 3.8) is 0 Å². The molecule has 0 aliphatic carbocycles. The maximum atomic E-state index is 8.45. The zero-order valence-electron chi connectivity index (χ0n) is 8.65. The van der Waals surface area contributed by atoms with Gasteiger partial charge in [0.15, 0.2) is 0 Å². The van der Waals surface area contributed by atoms with E-state index in [1.54, 1.807) is 23.9 Å². The number of nitrogens with two attached hydrogens (primary N) is 1. The highest BCUT2D eigenvalue weighted by atomic mass is 35.5. The molecule has 16 heavy (non-hydrogen) atoms. The van der Waals surface area contributed by atoms with Crippen molar-refractivity contribution in [2.45, 2.75) is 23.5 Å². The molecule has 0 saturated carbocycles. The first-order valence-electron chi connectivity index (χ1n) is 4.61. The normalized spacial score (nSPS) is 13.8. The Kier molecular flexibility index (Phi) is 5.25. The van der Waals surface area contributed by atoms with Crippen LogP contribution in [0.4, 0.5) is 0 Å². The van der Waals surface area contributed by atoms with Crippen LogP contribution in [0.2, 0.25) is 10.0 Å². The van der Waals surface area contributed by atoms with Gasteiger partial charge in [0.25, 0.3) is 0 Å². The predicted octanol–water partition coefficient (Wildman–Crippen LogP) is 3.61. The Balaban J connectivity index is 2.63. The van der Waals surface area contributed by atoms with E-state index in [2.05, 4.69) is 5.16 Å². The minimum absolute atomic E-state index is 0.202. The summed E-state index contributed by atoms with van der Waals surface area (Å²) in [7, 11) is 0. The standard InChI is InChI=1S/C10H12Cl2N2OS/c1-6(4-10(13)14-15)16-7-2-3-8(11)9(12)5-7/h2-3,5-6,15H,4H2,1H3,(H2,13,14). The Labute approximate surface area is 109 Å². The number of oxime groups is 1. The van der Waals surface area contributed by atoms with Crippen LogP contribution in [0, 0.1) is 0 Å². The van der Waals surface area contributed by atoms with Crippen LogP contribution in [0.5, 0.6) is 0 Å². The topological polar surface area (TPSA) is 58.6 Å². The maximum Gasteiger partial charge on any atom is 0.140 e. The molecule has 0 aromatic heterocycles.